The summed E-state index contributed by atoms with van der Waals surface area (Å²) in [7, 11) is 0. The Labute approximate surface area is 163 Å². The SMILES string of the molecule is C[C@H](Sc1nnnn1-c1ccc(O)cc1)C(=O)Nc1ccc(Cl)cc1Cl. The molecule has 3 rings (SSSR count). The lowest BCUT2D eigenvalue weighted by molar-refractivity contribution is -0.115. The van der Waals surface area contributed by atoms with Gasteiger partial charge in [0.15, 0.2) is 0 Å². The first kappa shape index (κ1) is 18.5. The standard InChI is InChI=1S/C16H13Cl2N5O2S/c1-9(15(25)19-14-7-2-10(17)8-13(14)18)26-16-20-21-22-23(16)11-3-5-12(24)6-4-11/h2-9,24H,1H3,(H,19,25)/t9-/m0/s1. The van der Waals surface area contributed by atoms with E-state index in [0.717, 1.165) is 0 Å². The zero-order valence-electron chi connectivity index (χ0n) is 13.4. The topological polar surface area (TPSA) is 92.9 Å². The Morgan fingerprint density at radius 2 is 1.96 bits per heavy atom. The highest BCUT2D eigenvalue weighted by Crippen LogP contribution is 2.28. The number of halogens is 2. The number of aromatic nitrogens is 4. The van der Waals surface area contributed by atoms with Gasteiger partial charge in [0.25, 0.3) is 0 Å². The number of tetrazole rings is 1. The number of hydrogen-bond donors (Lipinski definition) is 2. The van der Waals surface area contributed by atoms with E-state index < -0.39 is 5.25 Å². The lowest BCUT2D eigenvalue weighted by Crippen LogP contribution is -2.23. The van der Waals surface area contributed by atoms with Crippen molar-refractivity contribution in [2.75, 3.05) is 5.32 Å². The molecule has 10 heteroatoms. The van der Waals surface area contributed by atoms with Crippen LogP contribution >= 0.6 is 35.0 Å². The minimum absolute atomic E-state index is 0.142. The molecule has 2 aromatic carbocycles. The largest absolute Gasteiger partial charge is 0.508 e. The summed E-state index contributed by atoms with van der Waals surface area (Å²) in [6.07, 6.45) is 0. The van der Waals surface area contributed by atoms with Gasteiger partial charge in [0, 0.05) is 5.02 Å². The van der Waals surface area contributed by atoms with E-state index in [1.165, 1.54) is 28.6 Å². The maximum atomic E-state index is 12.4. The third kappa shape index (κ3) is 4.27. The number of anilines is 1. The maximum absolute atomic E-state index is 12.4. The second-order valence-electron chi connectivity index (χ2n) is 5.26. The van der Waals surface area contributed by atoms with Crippen molar-refractivity contribution in [3.8, 4) is 11.4 Å². The van der Waals surface area contributed by atoms with Gasteiger partial charge in [-0.3, -0.25) is 4.79 Å². The van der Waals surface area contributed by atoms with Gasteiger partial charge in [-0.15, -0.1) is 5.10 Å². The highest BCUT2D eigenvalue weighted by atomic mass is 35.5. The summed E-state index contributed by atoms with van der Waals surface area (Å²) in [5.41, 5.74) is 1.15. The van der Waals surface area contributed by atoms with E-state index in [-0.39, 0.29) is 11.7 Å². The monoisotopic (exact) mass is 409 g/mol. The van der Waals surface area contributed by atoms with Crippen molar-refractivity contribution in [3.05, 3.63) is 52.5 Å². The molecule has 134 valence electrons. The van der Waals surface area contributed by atoms with E-state index in [0.29, 0.717) is 26.6 Å². The second kappa shape index (κ2) is 7.94. The van der Waals surface area contributed by atoms with Crippen molar-refractivity contribution < 1.29 is 9.90 Å². The average Bonchev–Trinajstić information content (AvgIpc) is 3.06. The van der Waals surface area contributed by atoms with Crippen LogP contribution in [0.3, 0.4) is 0 Å². The van der Waals surface area contributed by atoms with E-state index in [1.54, 1.807) is 37.3 Å². The summed E-state index contributed by atoms with van der Waals surface area (Å²) >= 11 is 13.1. The number of aromatic hydroxyl groups is 1. The Morgan fingerprint density at radius 3 is 2.65 bits per heavy atom. The van der Waals surface area contributed by atoms with E-state index in [9.17, 15) is 9.90 Å². The molecule has 7 nitrogen and oxygen atoms in total. The number of nitrogens with zero attached hydrogens (tertiary/aromatic N) is 4. The first-order valence-electron chi connectivity index (χ1n) is 7.44. The Morgan fingerprint density at radius 1 is 1.23 bits per heavy atom. The number of phenols is 1. The van der Waals surface area contributed by atoms with Gasteiger partial charge in [-0.1, -0.05) is 35.0 Å². The van der Waals surface area contributed by atoms with E-state index >= 15 is 0 Å². The molecule has 2 N–H and O–H groups in total. The Hall–Kier alpha value is -2.29. The average molecular weight is 410 g/mol. The van der Waals surface area contributed by atoms with Gasteiger partial charge < -0.3 is 10.4 Å². The molecule has 0 spiro atoms. The zero-order valence-corrected chi connectivity index (χ0v) is 15.8. The number of nitrogens with one attached hydrogen (secondary N) is 1. The van der Waals surface area contributed by atoms with E-state index in [4.69, 9.17) is 23.2 Å². The molecule has 0 fully saturated rings. The minimum atomic E-state index is -0.483. The fourth-order valence-corrected chi connectivity index (χ4v) is 3.31. The van der Waals surface area contributed by atoms with Crippen molar-refractivity contribution in [2.45, 2.75) is 17.3 Å². The van der Waals surface area contributed by atoms with Crippen LogP contribution in [-0.2, 0) is 4.79 Å². The van der Waals surface area contributed by atoms with Gasteiger partial charge in [0.1, 0.15) is 5.75 Å². The normalized spacial score (nSPS) is 12.0. The molecule has 0 unspecified atom stereocenters. The number of benzene rings is 2. The van der Waals surface area contributed by atoms with Gasteiger partial charge >= 0.3 is 0 Å². The van der Waals surface area contributed by atoms with Crippen molar-refractivity contribution in [3.63, 3.8) is 0 Å². The van der Waals surface area contributed by atoms with Crippen LogP contribution in [0, 0.1) is 0 Å². The first-order chi connectivity index (χ1) is 12.4. The van der Waals surface area contributed by atoms with Gasteiger partial charge in [-0.05, 0) is 59.8 Å². The molecule has 1 heterocycles. The van der Waals surface area contributed by atoms with Crippen molar-refractivity contribution in [1.29, 1.82) is 0 Å². The third-order valence-electron chi connectivity index (χ3n) is 3.38. The van der Waals surface area contributed by atoms with Crippen LogP contribution in [0.4, 0.5) is 5.69 Å². The smallest absolute Gasteiger partial charge is 0.237 e. The summed E-state index contributed by atoms with van der Waals surface area (Å²) in [6.45, 7) is 1.74. The maximum Gasteiger partial charge on any atom is 0.237 e. The Bertz CT molecular complexity index is 933. The molecular weight excluding hydrogens is 397 g/mol. The van der Waals surface area contributed by atoms with Crippen LogP contribution in [0.25, 0.3) is 5.69 Å². The lowest BCUT2D eigenvalue weighted by atomic mass is 10.3. The fraction of sp³-hybridized carbons (Fsp3) is 0.125. The summed E-state index contributed by atoms with van der Waals surface area (Å²) in [5.74, 6) is -0.108. The van der Waals surface area contributed by atoms with Crippen LogP contribution in [0.1, 0.15) is 6.92 Å². The molecule has 1 amide bonds. The first-order valence-corrected chi connectivity index (χ1v) is 9.08. The zero-order chi connectivity index (χ0) is 18.7. The molecular formula is C16H13Cl2N5O2S. The molecule has 26 heavy (non-hydrogen) atoms. The molecule has 3 aromatic rings. The van der Waals surface area contributed by atoms with Gasteiger partial charge in [-0.2, -0.15) is 4.68 Å². The number of carbonyl (C=O) groups is 1. The fourth-order valence-electron chi connectivity index (χ4n) is 2.05. The van der Waals surface area contributed by atoms with Crippen LogP contribution in [0.2, 0.25) is 10.0 Å². The van der Waals surface area contributed by atoms with E-state index in [1.807, 2.05) is 0 Å². The molecule has 0 bridgehead atoms. The minimum Gasteiger partial charge on any atom is -0.508 e. The lowest BCUT2D eigenvalue weighted by Gasteiger charge is -2.12. The van der Waals surface area contributed by atoms with Crippen LogP contribution in [-0.4, -0.2) is 36.5 Å². The van der Waals surface area contributed by atoms with Gasteiger partial charge in [-0.25, -0.2) is 0 Å². The van der Waals surface area contributed by atoms with Gasteiger partial charge in [0.05, 0.1) is 21.6 Å². The molecule has 0 aliphatic heterocycles. The molecule has 0 aliphatic carbocycles. The Kier molecular flexibility index (Phi) is 5.65. The van der Waals surface area contributed by atoms with Gasteiger partial charge in [0.2, 0.25) is 11.1 Å². The molecule has 0 saturated heterocycles. The predicted molar refractivity (Wildman–Crippen MR) is 101 cm³/mol. The number of hydrogen-bond acceptors (Lipinski definition) is 6. The number of rotatable bonds is 5. The van der Waals surface area contributed by atoms with Crippen molar-refractivity contribution in [1.82, 2.24) is 20.2 Å². The molecule has 0 radical (unpaired) electrons. The quantitative estimate of drug-likeness (QED) is 0.622. The highest BCUT2D eigenvalue weighted by Gasteiger charge is 2.20. The number of carbonyl (C=O) groups excluding carboxylic acids is 1. The van der Waals surface area contributed by atoms with E-state index in [2.05, 4.69) is 20.8 Å². The predicted octanol–water partition coefficient (Wildman–Crippen LogP) is 3.79. The number of amides is 1. The van der Waals surface area contributed by atoms with Crippen LogP contribution < -0.4 is 5.32 Å². The second-order valence-corrected chi connectivity index (χ2v) is 7.41. The summed E-state index contributed by atoms with van der Waals surface area (Å²) in [6, 6.07) is 11.3. The molecule has 1 aromatic heterocycles. The van der Waals surface area contributed by atoms with Crippen molar-refractivity contribution in [2.24, 2.45) is 0 Å². The summed E-state index contributed by atoms with van der Waals surface area (Å²) in [5, 5.41) is 24.5. The van der Waals surface area contributed by atoms with Crippen molar-refractivity contribution >= 4 is 46.6 Å². The summed E-state index contributed by atoms with van der Waals surface area (Å²) < 4.78 is 1.49. The molecule has 0 aliphatic rings. The summed E-state index contributed by atoms with van der Waals surface area (Å²) in [4.78, 5) is 12.4. The van der Waals surface area contributed by atoms with Crippen LogP contribution in [0.15, 0.2) is 47.6 Å². The molecule has 1 atom stereocenters. The highest BCUT2D eigenvalue weighted by molar-refractivity contribution is 8.00. The third-order valence-corrected chi connectivity index (χ3v) is 4.96. The number of phenolic OH excluding ortho intramolecular Hbond substituents is 1. The van der Waals surface area contributed by atoms with Crippen LogP contribution in [0.5, 0.6) is 5.75 Å². The Balaban J connectivity index is 1.72. The molecule has 0 saturated carbocycles. The number of thioether (sulfide) groups is 1.